The predicted octanol–water partition coefficient (Wildman–Crippen LogP) is 2.54. The number of anilines is 1. The van der Waals surface area contributed by atoms with Crippen molar-refractivity contribution in [2.45, 2.75) is 22.6 Å². The van der Waals surface area contributed by atoms with E-state index in [9.17, 15) is 34.3 Å². The first-order chi connectivity index (χ1) is 20.9. The molecule has 2 aromatic rings. The second-order valence-electron chi connectivity index (χ2n) is 11.3. The van der Waals surface area contributed by atoms with Gasteiger partial charge in [-0.3, -0.25) is 29.0 Å². The minimum Gasteiger partial charge on any atom is -0.504 e. The number of nitrogens with zero attached hydrogens (tertiary/aromatic N) is 2. The van der Waals surface area contributed by atoms with Gasteiger partial charge in [0.05, 0.1) is 30.1 Å². The maximum atomic E-state index is 14.1. The molecule has 2 saturated heterocycles. The van der Waals surface area contributed by atoms with Crippen LogP contribution in [0.2, 0.25) is 0 Å². The molecular formula is C30H26BBrCl2N2O8. The maximum absolute atomic E-state index is 14.1. The molecule has 4 aliphatic rings. The fourth-order valence-electron chi connectivity index (χ4n) is 7.09. The third-order valence-corrected chi connectivity index (χ3v) is 11.1. The number of carbonyl (C=O) groups is 4. The molecule has 44 heavy (non-hydrogen) atoms. The van der Waals surface area contributed by atoms with Gasteiger partial charge in [-0.25, -0.2) is 0 Å². The van der Waals surface area contributed by atoms with Crippen LogP contribution in [0, 0.1) is 23.7 Å². The van der Waals surface area contributed by atoms with E-state index in [2.05, 4.69) is 15.9 Å². The second-order valence-corrected chi connectivity index (χ2v) is 13.0. The van der Waals surface area contributed by atoms with Crippen molar-refractivity contribution in [1.29, 1.82) is 0 Å². The number of phenols is 1. The normalized spacial score (nSPS) is 31.3. The van der Waals surface area contributed by atoms with E-state index in [1.165, 1.54) is 37.4 Å². The third kappa shape index (κ3) is 4.29. The number of hydrogen-bond donors (Lipinski definition) is 3. The summed E-state index contributed by atoms with van der Waals surface area (Å²) in [5, 5.41) is 29.3. The van der Waals surface area contributed by atoms with Gasteiger partial charge >= 0.3 is 7.12 Å². The van der Waals surface area contributed by atoms with Gasteiger partial charge in [0, 0.05) is 5.92 Å². The van der Waals surface area contributed by atoms with E-state index in [0.29, 0.717) is 11.1 Å². The van der Waals surface area contributed by atoms with Crippen LogP contribution >= 0.6 is 39.1 Å². The van der Waals surface area contributed by atoms with Crippen LogP contribution in [0.1, 0.15) is 18.4 Å². The number of likely N-dealkylation sites (tertiary alicyclic amines) is 1. The fourth-order valence-corrected chi connectivity index (χ4v) is 8.47. The van der Waals surface area contributed by atoms with E-state index in [1.54, 1.807) is 24.3 Å². The number of amides is 4. The number of methoxy groups -OCH3 is 1. The fraction of sp³-hybridized carbons (Fsp3) is 0.333. The van der Waals surface area contributed by atoms with Crippen LogP contribution in [0.15, 0.2) is 60.2 Å². The van der Waals surface area contributed by atoms with Crippen molar-refractivity contribution >= 4 is 87.1 Å². The van der Waals surface area contributed by atoms with Gasteiger partial charge in [0.25, 0.3) is 11.8 Å². The lowest BCUT2D eigenvalue weighted by Crippen LogP contribution is -2.60. The minimum absolute atomic E-state index is 0.0606. The second kappa shape index (κ2) is 11.0. The molecule has 6 atom stereocenters. The van der Waals surface area contributed by atoms with Crippen molar-refractivity contribution in [2.24, 2.45) is 23.7 Å². The standard InChI is InChI=1S/C30H26BBrCl2N2O8/c1-44-23-11-15(6-10-22(23)37)5-9-21-18-7-8-19-24(20(18)13-29(33)27(40)35(14-32)28(41)30(21,29)34)26(39)36(25(19)38)17-4-2-3-16(12-17)31(42)43/h2-7,9-12,19-21,24,37,42-43H,8,13-14H2,1H3. The van der Waals surface area contributed by atoms with Gasteiger partial charge < -0.3 is 19.9 Å². The number of halogens is 3. The van der Waals surface area contributed by atoms with Crippen LogP contribution in [0.3, 0.4) is 0 Å². The van der Waals surface area contributed by atoms with Crippen LogP contribution in [0.25, 0.3) is 6.08 Å². The van der Waals surface area contributed by atoms with Gasteiger partial charge in [0.15, 0.2) is 21.2 Å². The number of ether oxygens (including phenoxy) is 1. The maximum Gasteiger partial charge on any atom is 0.488 e. The van der Waals surface area contributed by atoms with Gasteiger partial charge in [-0.2, -0.15) is 0 Å². The molecule has 2 heterocycles. The zero-order chi connectivity index (χ0) is 31.7. The Morgan fingerprint density at radius 2 is 1.82 bits per heavy atom. The van der Waals surface area contributed by atoms with Gasteiger partial charge in [0.1, 0.15) is 0 Å². The van der Waals surface area contributed by atoms with Crippen LogP contribution in [-0.4, -0.2) is 73.1 Å². The lowest BCUT2D eigenvalue weighted by Gasteiger charge is -2.49. The summed E-state index contributed by atoms with van der Waals surface area (Å²) in [5.41, 5.74) is 1.41. The van der Waals surface area contributed by atoms with E-state index < -0.39 is 64.2 Å². The Hall–Kier alpha value is -3.16. The topological polar surface area (TPSA) is 145 Å². The highest BCUT2D eigenvalue weighted by Crippen LogP contribution is 2.63. The van der Waals surface area contributed by atoms with E-state index >= 15 is 0 Å². The number of allylic oxidation sites excluding steroid dienone is 3. The quantitative estimate of drug-likeness (QED) is 0.137. The van der Waals surface area contributed by atoms with Crippen molar-refractivity contribution in [2.75, 3.05) is 17.5 Å². The molecular weight excluding hydrogens is 678 g/mol. The lowest BCUT2D eigenvalue weighted by molar-refractivity contribution is -0.138. The number of rotatable bonds is 6. The third-order valence-electron chi connectivity index (χ3n) is 9.18. The number of hydrogen-bond acceptors (Lipinski definition) is 8. The zero-order valence-corrected chi connectivity index (χ0v) is 26.3. The molecule has 0 aromatic heterocycles. The van der Waals surface area contributed by atoms with Gasteiger partial charge in [-0.1, -0.05) is 57.9 Å². The monoisotopic (exact) mass is 702 g/mol. The van der Waals surface area contributed by atoms with Crippen LogP contribution in [-0.2, 0) is 19.2 Å². The van der Waals surface area contributed by atoms with Crippen molar-refractivity contribution < 1.29 is 39.1 Å². The molecule has 2 aliphatic heterocycles. The Balaban J connectivity index is 1.45. The molecule has 14 heteroatoms. The van der Waals surface area contributed by atoms with Crippen LogP contribution < -0.4 is 15.1 Å². The summed E-state index contributed by atoms with van der Waals surface area (Å²) in [4.78, 5) is 53.4. The Kier molecular flexibility index (Phi) is 7.73. The molecule has 6 rings (SSSR count). The first-order valence-corrected chi connectivity index (χ1v) is 15.7. The number of aromatic hydroxyl groups is 1. The first kappa shape index (κ1) is 30.9. The molecule has 3 fully saturated rings. The van der Waals surface area contributed by atoms with Crippen LogP contribution in [0.5, 0.6) is 11.5 Å². The average molecular weight is 704 g/mol. The predicted molar refractivity (Wildman–Crippen MR) is 167 cm³/mol. The van der Waals surface area contributed by atoms with Gasteiger partial charge in [-0.05, 0) is 54.1 Å². The number of alkyl halides is 3. The summed E-state index contributed by atoms with van der Waals surface area (Å²) in [7, 11) is -0.384. The van der Waals surface area contributed by atoms with E-state index in [1.807, 2.05) is 6.08 Å². The minimum atomic E-state index is -1.93. The Morgan fingerprint density at radius 3 is 2.50 bits per heavy atom. The number of carbonyl (C=O) groups excluding carboxylic acids is 4. The summed E-state index contributed by atoms with van der Waals surface area (Å²) in [6, 6.07) is 10.6. The van der Waals surface area contributed by atoms with Crippen molar-refractivity contribution in [3.05, 3.63) is 65.8 Å². The molecule has 228 valence electrons. The van der Waals surface area contributed by atoms with Crippen molar-refractivity contribution in [3.8, 4) is 11.5 Å². The summed E-state index contributed by atoms with van der Waals surface area (Å²) < 4.78 is 5.21. The number of fused-ring (bicyclic) bond motifs is 4. The Labute approximate surface area is 271 Å². The summed E-state index contributed by atoms with van der Waals surface area (Å²) in [6.45, 7) is 0. The molecule has 2 aromatic carbocycles. The molecule has 2 aliphatic carbocycles. The largest absolute Gasteiger partial charge is 0.504 e. The molecule has 0 bridgehead atoms. The highest BCUT2D eigenvalue weighted by Gasteiger charge is 2.75. The molecule has 3 N–H and O–H groups in total. The Morgan fingerprint density at radius 1 is 1.07 bits per heavy atom. The molecule has 6 unspecified atom stereocenters. The number of imide groups is 2. The van der Waals surface area contributed by atoms with E-state index in [4.69, 9.17) is 27.9 Å². The highest BCUT2D eigenvalue weighted by atomic mass is 79.9. The zero-order valence-electron chi connectivity index (χ0n) is 23.2. The molecule has 10 nitrogen and oxygen atoms in total. The first-order valence-electron chi connectivity index (χ1n) is 13.8. The SMILES string of the molecule is COc1cc(C=CC2C3=CCC4C(=O)N(c5cccc(B(O)O)c5)C(=O)C4C3CC3(Cl)C(=O)N(CBr)C(=O)C23Cl)ccc1O. The highest BCUT2D eigenvalue weighted by molar-refractivity contribution is 9.09. The van der Waals surface area contributed by atoms with Gasteiger partial charge in [0.2, 0.25) is 11.8 Å². The van der Waals surface area contributed by atoms with Gasteiger partial charge in [-0.15, -0.1) is 23.2 Å². The Bertz CT molecular complexity index is 1670. The summed E-state index contributed by atoms with van der Waals surface area (Å²) >= 11 is 17.6. The van der Waals surface area contributed by atoms with Crippen LogP contribution in [0.4, 0.5) is 5.69 Å². The van der Waals surface area contributed by atoms with E-state index in [-0.39, 0.29) is 40.9 Å². The molecule has 0 spiro atoms. The molecule has 0 radical (unpaired) electrons. The average Bonchev–Trinajstić information content (AvgIpc) is 3.34. The lowest BCUT2D eigenvalue weighted by atomic mass is 9.57. The molecule has 4 amide bonds. The summed E-state index contributed by atoms with van der Waals surface area (Å²) in [5.74, 6) is -5.46. The molecule has 1 saturated carbocycles. The van der Waals surface area contributed by atoms with E-state index in [0.717, 1.165) is 9.80 Å². The number of phenolic OH excluding ortho intramolecular Hbond substituents is 1. The van der Waals surface area contributed by atoms with Crippen molar-refractivity contribution in [1.82, 2.24) is 4.90 Å². The van der Waals surface area contributed by atoms with Crippen molar-refractivity contribution in [3.63, 3.8) is 0 Å². The number of benzene rings is 2. The smallest absolute Gasteiger partial charge is 0.488 e. The summed E-state index contributed by atoms with van der Waals surface area (Å²) in [6.07, 6.45) is 5.19.